The molecule has 5 aromatic rings. The lowest BCUT2D eigenvalue weighted by atomic mass is 9.87. The van der Waals surface area contributed by atoms with Crippen molar-refractivity contribution in [2.75, 3.05) is 79.4 Å². The van der Waals surface area contributed by atoms with Gasteiger partial charge in [-0.15, -0.1) is 11.3 Å². The molecule has 72 heavy (non-hydrogen) atoms. The molecule has 6 aliphatic rings. The van der Waals surface area contributed by atoms with E-state index in [0.29, 0.717) is 87.4 Å². The Hall–Kier alpha value is -4.98. The second kappa shape index (κ2) is 22.2. The molecule has 7 heterocycles. The Labute approximate surface area is 432 Å². The molecule has 2 fully saturated rings. The van der Waals surface area contributed by atoms with Gasteiger partial charge in [0, 0.05) is 67.8 Å². The summed E-state index contributed by atoms with van der Waals surface area (Å²) in [7, 11) is 2.12. The lowest BCUT2D eigenvalue weighted by molar-refractivity contribution is -0.145. The molecular formula is C53H59Cl2FN6O9S. The zero-order valence-corrected chi connectivity index (χ0v) is 43.1. The zero-order chi connectivity index (χ0) is 49.9. The first-order chi connectivity index (χ1) is 34.9. The minimum absolute atomic E-state index is 0.0320. The number of ether oxygens (including phenoxy) is 7. The van der Waals surface area contributed by atoms with Crippen molar-refractivity contribution in [1.29, 1.82) is 0 Å². The number of halogens is 3. The Morgan fingerprint density at radius 1 is 0.972 bits per heavy atom. The summed E-state index contributed by atoms with van der Waals surface area (Å²) in [5.74, 6) is 0.662. The number of aromatic nitrogens is 4. The number of piperazine rings is 1. The monoisotopic (exact) mass is 1040 g/mol. The number of carboxylic acids is 1. The van der Waals surface area contributed by atoms with Crippen LogP contribution in [0.15, 0.2) is 48.9 Å². The van der Waals surface area contributed by atoms with E-state index >= 15 is 4.39 Å². The number of hydrogen-bond donors (Lipinski definition) is 1. The number of thiophene rings is 1. The van der Waals surface area contributed by atoms with Crippen molar-refractivity contribution in [2.24, 2.45) is 0 Å². The molecule has 15 nitrogen and oxygen atoms in total. The number of benzene rings is 2. The SMILES string of the molecule is Cc1c(Cl)c2c(Cl)c(C)c1-c1c(C3=CCCC3)sc3ncnc(c13)O[C@@H](C(=O)O)Cc1cc(ccc1OCc1ccnc(C3=CC[C@](F)(COC[C@@H]4COCCO4)CC3)n1)OCC(CN1CCN(C)CC1)O2. The van der Waals surface area contributed by atoms with Crippen LogP contribution in [0.1, 0.15) is 71.6 Å². The maximum atomic E-state index is 15.8. The standard InChI is InChI=1S/C53H59Cl2FN6O9S/c1-31-42-32(2)46(55)47(45(31)54)70-38(24-62-18-16-61(3)17-19-62)28-68-37-8-9-40(35(22-37)23-41(52(63)64)71-50-44-43(42)48(33-6-4-5-7-33)72-51(44)59-30-58-50)69-25-36-12-15-57-49(60-36)34-10-13-53(56,14-11-34)29-66-27-39-26-65-20-21-67-39/h6,8-10,12,15,22,30,38-39,41H,4-5,7,11,13-14,16-21,23-29H2,1-3H3,(H,63,64)/t38?,39-,41+,53+/m0/s1. The molecule has 0 amide bonds. The second-order valence-electron chi connectivity index (χ2n) is 19.3. The molecule has 0 saturated carbocycles. The van der Waals surface area contributed by atoms with Crippen LogP contribution in [0.4, 0.5) is 4.39 Å². The van der Waals surface area contributed by atoms with Crippen molar-refractivity contribution < 1.29 is 47.4 Å². The van der Waals surface area contributed by atoms with Gasteiger partial charge in [-0.3, -0.25) is 4.90 Å². The summed E-state index contributed by atoms with van der Waals surface area (Å²) in [5.41, 5.74) is 4.69. The minimum atomic E-state index is -1.51. The van der Waals surface area contributed by atoms with E-state index in [1.54, 1.807) is 30.5 Å². The van der Waals surface area contributed by atoms with Crippen LogP contribution in [0.5, 0.6) is 23.1 Å². The third kappa shape index (κ3) is 11.2. The zero-order valence-electron chi connectivity index (χ0n) is 40.7. The fraction of sp³-hybridized carbons (Fsp3) is 0.491. The molecular weight excluding hydrogens is 987 g/mol. The highest BCUT2D eigenvalue weighted by Gasteiger charge is 2.35. The quantitative estimate of drug-likeness (QED) is 0.126. The summed E-state index contributed by atoms with van der Waals surface area (Å²) < 4.78 is 59.1. The predicted octanol–water partition coefficient (Wildman–Crippen LogP) is 9.39. The normalized spacial score (nSPS) is 23.2. The number of rotatable bonds is 12. The highest BCUT2D eigenvalue weighted by atomic mass is 35.5. The van der Waals surface area contributed by atoms with Gasteiger partial charge >= 0.3 is 5.97 Å². The molecule has 0 radical (unpaired) electrons. The molecule has 11 rings (SSSR count). The predicted molar refractivity (Wildman–Crippen MR) is 274 cm³/mol. The Morgan fingerprint density at radius 3 is 2.54 bits per heavy atom. The molecule has 2 aromatic carbocycles. The van der Waals surface area contributed by atoms with Crippen molar-refractivity contribution in [2.45, 2.75) is 89.4 Å². The van der Waals surface area contributed by atoms with Gasteiger partial charge in [-0.25, -0.2) is 29.1 Å². The molecule has 382 valence electrons. The van der Waals surface area contributed by atoms with Crippen LogP contribution >= 0.6 is 34.5 Å². The molecule has 4 aliphatic heterocycles. The second-order valence-corrected chi connectivity index (χ2v) is 21.0. The fourth-order valence-corrected chi connectivity index (χ4v) is 11.7. The molecule has 4 atom stereocenters. The van der Waals surface area contributed by atoms with Gasteiger partial charge < -0.3 is 43.2 Å². The van der Waals surface area contributed by atoms with E-state index in [1.807, 2.05) is 19.9 Å². The average Bonchev–Trinajstić information content (AvgIpc) is 4.06. The fourth-order valence-electron chi connectivity index (χ4n) is 10.0. The summed E-state index contributed by atoms with van der Waals surface area (Å²) in [6, 6.07) is 7.08. The average molecular weight is 1050 g/mol. The number of likely N-dealkylation sites (N-methyl/N-ethyl adjacent to an activating group) is 1. The van der Waals surface area contributed by atoms with Crippen molar-refractivity contribution in [3.05, 3.63) is 92.1 Å². The van der Waals surface area contributed by atoms with E-state index < -0.39 is 23.8 Å². The highest BCUT2D eigenvalue weighted by molar-refractivity contribution is 7.20. The topological polar surface area (TPSA) is 160 Å². The summed E-state index contributed by atoms with van der Waals surface area (Å²) >= 11 is 16.3. The van der Waals surface area contributed by atoms with Gasteiger partial charge in [0.25, 0.3) is 0 Å². The van der Waals surface area contributed by atoms with Crippen molar-refractivity contribution in [1.82, 2.24) is 29.7 Å². The van der Waals surface area contributed by atoms with Gasteiger partial charge in [0.05, 0.1) is 54.2 Å². The molecule has 19 heteroatoms. The first-order valence-electron chi connectivity index (χ1n) is 24.7. The van der Waals surface area contributed by atoms with Gasteiger partial charge in [0.1, 0.15) is 53.7 Å². The number of hydrogen-bond acceptors (Lipinski definition) is 15. The number of allylic oxidation sites excluding steroid dienone is 4. The van der Waals surface area contributed by atoms with Crippen molar-refractivity contribution in [3.8, 4) is 34.3 Å². The molecule has 2 aliphatic carbocycles. The van der Waals surface area contributed by atoms with E-state index in [4.69, 9.17) is 66.3 Å². The van der Waals surface area contributed by atoms with Crippen molar-refractivity contribution >= 4 is 61.9 Å². The van der Waals surface area contributed by atoms with Crippen LogP contribution in [0, 0.1) is 13.8 Å². The van der Waals surface area contributed by atoms with Gasteiger partial charge in [-0.1, -0.05) is 35.4 Å². The third-order valence-electron chi connectivity index (χ3n) is 14.1. The van der Waals surface area contributed by atoms with Crippen LogP contribution < -0.4 is 18.9 Å². The maximum Gasteiger partial charge on any atom is 0.345 e. The summed E-state index contributed by atoms with van der Waals surface area (Å²) in [6.45, 7) is 9.89. The van der Waals surface area contributed by atoms with Crippen LogP contribution in [0.25, 0.3) is 32.5 Å². The van der Waals surface area contributed by atoms with E-state index in [9.17, 15) is 9.90 Å². The van der Waals surface area contributed by atoms with E-state index in [2.05, 4.69) is 32.9 Å². The number of carbonyl (C=O) groups is 1. The van der Waals surface area contributed by atoms with Crippen LogP contribution in [-0.2, 0) is 32.0 Å². The Bertz CT molecular complexity index is 2840. The van der Waals surface area contributed by atoms with Gasteiger partial charge in [0.2, 0.25) is 12.0 Å². The van der Waals surface area contributed by atoms with Crippen LogP contribution in [0.3, 0.4) is 0 Å². The summed E-state index contributed by atoms with van der Waals surface area (Å²) in [6.07, 6.45) is 8.60. The maximum absolute atomic E-state index is 15.8. The number of nitrogens with zero attached hydrogens (tertiary/aromatic N) is 6. The lowest BCUT2D eigenvalue weighted by Crippen LogP contribution is -2.49. The summed E-state index contributed by atoms with van der Waals surface area (Å²) in [4.78, 5) is 38.3. The Balaban J connectivity index is 0.967. The molecule has 0 spiro atoms. The third-order valence-corrected chi connectivity index (χ3v) is 16.2. The van der Waals surface area contributed by atoms with Gasteiger partial charge in [0.15, 0.2) is 11.6 Å². The molecule has 2 saturated heterocycles. The van der Waals surface area contributed by atoms with E-state index in [1.165, 1.54) is 23.2 Å². The van der Waals surface area contributed by atoms with Gasteiger partial charge in [-0.05, 0) is 105 Å². The summed E-state index contributed by atoms with van der Waals surface area (Å²) in [5, 5.41) is 12.3. The van der Waals surface area contributed by atoms with Crippen molar-refractivity contribution in [3.63, 3.8) is 0 Å². The molecule has 3 aromatic heterocycles. The molecule has 4 bridgehead atoms. The Kier molecular flexibility index (Phi) is 15.6. The molecule has 1 N–H and O–H groups in total. The number of aliphatic carboxylic acids is 1. The van der Waals surface area contributed by atoms with Crippen LogP contribution in [-0.4, -0.2) is 144 Å². The number of fused-ring (bicyclic) bond motifs is 7. The van der Waals surface area contributed by atoms with E-state index in [0.717, 1.165) is 78.1 Å². The van der Waals surface area contributed by atoms with E-state index in [-0.39, 0.29) is 57.7 Å². The smallest absolute Gasteiger partial charge is 0.345 e. The number of carboxylic acid groups (broad SMARTS) is 1. The highest BCUT2D eigenvalue weighted by Crippen LogP contribution is 2.53. The first-order valence-corrected chi connectivity index (χ1v) is 26.2. The largest absolute Gasteiger partial charge is 0.490 e. The first kappa shape index (κ1) is 50.5. The lowest BCUT2D eigenvalue weighted by Gasteiger charge is -2.35. The van der Waals surface area contributed by atoms with Crippen LogP contribution in [0.2, 0.25) is 10.0 Å². The minimum Gasteiger partial charge on any atom is -0.490 e. The van der Waals surface area contributed by atoms with Gasteiger partial charge in [-0.2, -0.15) is 0 Å². The molecule has 1 unspecified atom stereocenters. The number of alkyl halides is 1. The Morgan fingerprint density at radius 2 is 1.81 bits per heavy atom.